The molecule has 1 aromatic carbocycles. The Balaban J connectivity index is 0.00000243. The minimum Gasteiger partial charge on any atom is -0.361 e. The highest BCUT2D eigenvalue weighted by molar-refractivity contribution is 5.94. The number of rotatable bonds is 5. The van der Waals surface area contributed by atoms with Crippen LogP contribution in [0.25, 0.3) is 0 Å². The van der Waals surface area contributed by atoms with Crippen LogP contribution in [0.5, 0.6) is 0 Å². The van der Waals surface area contributed by atoms with Crippen LogP contribution in [-0.4, -0.2) is 36.1 Å². The third kappa shape index (κ3) is 4.43. The van der Waals surface area contributed by atoms with E-state index in [1.54, 1.807) is 19.2 Å². The fourth-order valence-corrected chi connectivity index (χ4v) is 3.33. The van der Waals surface area contributed by atoms with E-state index in [1.807, 2.05) is 13.8 Å². The van der Waals surface area contributed by atoms with Gasteiger partial charge in [0.1, 0.15) is 11.6 Å². The second-order valence-corrected chi connectivity index (χ2v) is 6.84. The smallest absolute Gasteiger partial charge is 0.256 e. The molecule has 142 valence electrons. The summed E-state index contributed by atoms with van der Waals surface area (Å²) in [6, 6.07) is 4.87. The SMILES string of the molecule is Cc1noc(C)c1CN(C)C(=O)c1cc(CC2CCNC2)ccc1F.Cl. The van der Waals surface area contributed by atoms with Crippen LogP contribution in [0, 0.1) is 25.6 Å². The van der Waals surface area contributed by atoms with Crippen molar-refractivity contribution in [1.29, 1.82) is 0 Å². The van der Waals surface area contributed by atoms with Gasteiger partial charge in [-0.3, -0.25) is 4.79 Å². The number of nitrogens with one attached hydrogen (secondary N) is 1. The maximum Gasteiger partial charge on any atom is 0.256 e. The first-order valence-electron chi connectivity index (χ1n) is 8.62. The number of amides is 1. The molecule has 26 heavy (non-hydrogen) atoms. The fraction of sp³-hybridized carbons (Fsp3) is 0.474. The van der Waals surface area contributed by atoms with Gasteiger partial charge in [0.2, 0.25) is 0 Å². The van der Waals surface area contributed by atoms with E-state index in [0.29, 0.717) is 18.2 Å². The number of aromatic nitrogens is 1. The largest absolute Gasteiger partial charge is 0.361 e. The summed E-state index contributed by atoms with van der Waals surface area (Å²) in [5.41, 5.74) is 2.74. The van der Waals surface area contributed by atoms with Crippen LogP contribution in [0.2, 0.25) is 0 Å². The number of nitrogens with zero attached hydrogens (tertiary/aromatic N) is 2. The normalized spacial score (nSPS) is 16.4. The van der Waals surface area contributed by atoms with Crippen molar-refractivity contribution < 1.29 is 13.7 Å². The van der Waals surface area contributed by atoms with Crippen LogP contribution < -0.4 is 5.32 Å². The molecular weight excluding hydrogens is 357 g/mol. The van der Waals surface area contributed by atoms with Gasteiger partial charge in [0.15, 0.2) is 0 Å². The lowest BCUT2D eigenvalue weighted by atomic mass is 9.97. The van der Waals surface area contributed by atoms with Gasteiger partial charge in [0.05, 0.1) is 17.8 Å². The molecule has 0 aliphatic carbocycles. The first-order valence-corrected chi connectivity index (χ1v) is 8.62. The molecule has 2 aromatic rings. The quantitative estimate of drug-likeness (QED) is 0.863. The standard InChI is InChI=1S/C19H24FN3O2.ClH/c1-12-17(13(2)25-22-12)11-23(3)19(24)16-9-14(4-5-18(16)20)8-15-6-7-21-10-15;/h4-5,9,15,21H,6-8,10-11H2,1-3H3;1H. The predicted molar refractivity (Wildman–Crippen MR) is 100 cm³/mol. The minimum atomic E-state index is -0.482. The highest BCUT2D eigenvalue weighted by Crippen LogP contribution is 2.20. The molecule has 1 fully saturated rings. The van der Waals surface area contributed by atoms with Crippen LogP contribution >= 0.6 is 12.4 Å². The Bertz CT molecular complexity index is 753. The lowest BCUT2D eigenvalue weighted by Gasteiger charge is -2.18. The molecule has 0 radical (unpaired) electrons. The van der Waals surface area contributed by atoms with E-state index in [2.05, 4.69) is 10.5 Å². The van der Waals surface area contributed by atoms with Gasteiger partial charge in [-0.25, -0.2) is 4.39 Å². The highest BCUT2D eigenvalue weighted by Gasteiger charge is 2.21. The van der Waals surface area contributed by atoms with Gasteiger partial charge in [-0.1, -0.05) is 11.2 Å². The van der Waals surface area contributed by atoms with Gasteiger partial charge >= 0.3 is 0 Å². The molecule has 1 aliphatic heterocycles. The Kier molecular flexibility index (Phi) is 6.78. The molecule has 1 atom stereocenters. The predicted octanol–water partition coefficient (Wildman–Crippen LogP) is 3.28. The molecular formula is C19H25ClFN3O2. The minimum absolute atomic E-state index is 0. The summed E-state index contributed by atoms with van der Waals surface area (Å²) in [5, 5.41) is 7.23. The van der Waals surface area contributed by atoms with Crippen molar-refractivity contribution in [2.24, 2.45) is 5.92 Å². The molecule has 1 amide bonds. The van der Waals surface area contributed by atoms with Crippen LogP contribution in [-0.2, 0) is 13.0 Å². The Hall–Kier alpha value is -1.92. The summed E-state index contributed by atoms with van der Waals surface area (Å²) in [5.74, 6) is 0.418. The third-order valence-electron chi connectivity index (χ3n) is 4.87. The van der Waals surface area contributed by atoms with E-state index in [4.69, 9.17) is 4.52 Å². The molecule has 2 heterocycles. The van der Waals surface area contributed by atoms with Gasteiger partial charge in [-0.15, -0.1) is 12.4 Å². The van der Waals surface area contributed by atoms with E-state index >= 15 is 0 Å². The Morgan fingerprint density at radius 1 is 1.42 bits per heavy atom. The lowest BCUT2D eigenvalue weighted by Crippen LogP contribution is -2.27. The number of benzene rings is 1. The first kappa shape index (κ1) is 20.4. The second-order valence-electron chi connectivity index (χ2n) is 6.84. The van der Waals surface area contributed by atoms with Crippen molar-refractivity contribution >= 4 is 18.3 Å². The van der Waals surface area contributed by atoms with E-state index in [-0.39, 0.29) is 23.9 Å². The second kappa shape index (κ2) is 8.64. The summed E-state index contributed by atoms with van der Waals surface area (Å²) >= 11 is 0. The number of carbonyl (C=O) groups is 1. The zero-order valence-corrected chi connectivity index (χ0v) is 16.2. The molecule has 1 unspecified atom stereocenters. The highest BCUT2D eigenvalue weighted by atomic mass is 35.5. The van der Waals surface area contributed by atoms with Gasteiger partial charge in [-0.05, 0) is 63.4 Å². The molecule has 5 nitrogen and oxygen atoms in total. The zero-order valence-electron chi connectivity index (χ0n) is 15.3. The van der Waals surface area contributed by atoms with E-state index in [1.165, 1.54) is 11.0 Å². The monoisotopic (exact) mass is 381 g/mol. The van der Waals surface area contributed by atoms with Crippen molar-refractivity contribution in [2.75, 3.05) is 20.1 Å². The van der Waals surface area contributed by atoms with Gasteiger partial charge in [-0.2, -0.15) is 0 Å². The lowest BCUT2D eigenvalue weighted by molar-refractivity contribution is 0.0779. The maximum atomic E-state index is 14.2. The Morgan fingerprint density at radius 3 is 2.81 bits per heavy atom. The summed E-state index contributed by atoms with van der Waals surface area (Å²) in [4.78, 5) is 14.2. The van der Waals surface area contributed by atoms with Crippen LogP contribution in [0.4, 0.5) is 4.39 Å². The number of carbonyl (C=O) groups excluding carboxylic acids is 1. The van der Waals surface area contributed by atoms with Crippen LogP contribution in [0.3, 0.4) is 0 Å². The first-order chi connectivity index (χ1) is 12.0. The Morgan fingerprint density at radius 2 is 2.19 bits per heavy atom. The average Bonchev–Trinajstić information content (AvgIpc) is 3.21. The van der Waals surface area contributed by atoms with Crippen molar-refractivity contribution in [1.82, 2.24) is 15.4 Å². The summed E-state index contributed by atoms with van der Waals surface area (Å²) in [6.07, 6.45) is 1.98. The molecule has 7 heteroatoms. The van der Waals surface area contributed by atoms with Crippen molar-refractivity contribution in [3.8, 4) is 0 Å². The van der Waals surface area contributed by atoms with Crippen molar-refractivity contribution in [2.45, 2.75) is 33.2 Å². The third-order valence-corrected chi connectivity index (χ3v) is 4.87. The number of hydrogen-bond acceptors (Lipinski definition) is 4. The molecule has 0 spiro atoms. The van der Waals surface area contributed by atoms with Crippen molar-refractivity contribution in [3.05, 3.63) is 52.2 Å². The van der Waals surface area contributed by atoms with Gasteiger partial charge < -0.3 is 14.7 Å². The summed E-state index contributed by atoms with van der Waals surface area (Å²) < 4.78 is 19.4. The van der Waals surface area contributed by atoms with Crippen molar-refractivity contribution in [3.63, 3.8) is 0 Å². The zero-order chi connectivity index (χ0) is 18.0. The molecule has 3 rings (SSSR count). The van der Waals surface area contributed by atoms with Crippen LogP contribution in [0.15, 0.2) is 22.7 Å². The molecule has 0 saturated carbocycles. The average molecular weight is 382 g/mol. The Labute approximate surface area is 159 Å². The molecule has 1 N–H and O–H groups in total. The van der Waals surface area contributed by atoms with Crippen LogP contribution in [0.1, 0.15) is 39.4 Å². The van der Waals surface area contributed by atoms with Gasteiger partial charge in [0, 0.05) is 12.6 Å². The van der Waals surface area contributed by atoms with E-state index < -0.39 is 5.82 Å². The van der Waals surface area contributed by atoms with E-state index in [9.17, 15) is 9.18 Å². The number of aryl methyl sites for hydroxylation is 2. The summed E-state index contributed by atoms with van der Waals surface area (Å²) in [6.45, 7) is 5.99. The molecule has 1 aromatic heterocycles. The topological polar surface area (TPSA) is 58.4 Å². The molecule has 1 saturated heterocycles. The number of halogens is 2. The maximum absolute atomic E-state index is 14.2. The fourth-order valence-electron chi connectivity index (χ4n) is 3.33. The van der Waals surface area contributed by atoms with E-state index in [0.717, 1.165) is 42.8 Å². The molecule has 1 aliphatic rings. The molecule has 0 bridgehead atoms. The van der Waals surface area contributed by atoms with Gasteiger partial charge in [0.25, 0.3) is 5.91 Å². The number of hydrogen-bond donors (Lipinski definition) is 1. The summed E-state index contributed by atoms with van der Waals surface area (Å²) in [7, 11) is 1.67.